The van der Waals surface area contributed by atoms with Crippen LogP contribution >= 0.6 is 0 Å². The Morgan fingerprint density at radius 3 is 0.870 bits per heavy atom. The monoisotopic (exact) mass is 757 g/mol. The second kappa shape index (κ2) is 38.0. The predicted octanol–water partition coefficient (Wildman–Crippen LogP) is 13.6. The van der Waals surface area contributed by atoms with Crippen LogP contribution < -0.4 is 0 Å². The van der Waals surface area contributed by atoms with Gasteiger partial charge in [-0.15, -0.1) is 0 Å². The van der Waals surface area contributed by atoms with Crippen molar-refractivity contribution in [2.24, 2.45) is 0 Å². The molecule has 0 aliphatic heterocycles. The molecule has 54 heavy (non-hydrogen) atoms. The van der Waals surface area contributed by atoms with Crippen molar-refractivity contribution in [3.05, 3.63) is 35.4 Å². The van der Waals surface area contributed by atoms with Gasteiger partial charge < -0.3 is 9.47 Å². The van der Waals surface area contributed by atoms with E-state index in [0.717, 1.165) is 39.3 Å². The summed E-state index contributed by atoms with van der Waals surface area (Å²) in [6, 6.07) is 6.99. The highest BCUT2D eigenvalue weighted by Gasteiger charge is 2.20. The summed E-state index contributed by atoms with van der Waals surface area (Å²) < 4.78 is 11.6. The molecule has 0 saturated carbocycles. The standard InChI is InChI=1S/C48H88N2O4/c1-5-9-13-17-21-25-31-37-49(38-32-26-22-18-14-10-6-2)41-43-53-47(51)45-35-29-30-36-46(45)48(52)54-44-42-50(39-33-27-23-19-15-11-7-3)40-34-28-24-20-16-12-8-4/h29-30,35-36H,5-28,31-34,37-44H2,1-4H3. The molecule has 0 fully saturated rings. The van der Waals surface area contributed by atoms with Crippen molar-refractivity contribution in [3.8, 4) is 0 Å². The maximum absolute atomic E-state index is 13.3. The Bertz CT molecular complexity index is 872. The molecule has 0 atom stereocenters. The van der Waals surface area contributed by atoms with Gasteiger partial charge in [-0.05, 0) is 64.0 Å². The van der Waals surface area contributed by atoms with E-state index in [1.54, 1.807) is 24.3 Å². The van der Waals surface area contributed by atoms with Crippen LogP contribution in [-0.4, -0.2) is 74.2 Å². The number of hydrogen-bond acceptors (Lipinski definition) is 6. The molecule has 0 heterocycles. The highest BCUT2D eigenvalue weighted by Crippen LogP contribution is 2.15. The Balaban J connectivity index is 2.63. The van der Waals surface area contributed by atoms with E-state index in [4.69, 9.17) is 9.47 Å². The molecule has 1 rings (SSSR count). The average Bonchev–Trinajstić information content (AvgIpc) is 3.18. The maximum Gasteiger partial charge on any atom is 0.339 e. The number of nitrogens with zero attached hydrogens (tertiary/aromatic N) is 2. The lowest BCUT2D eigenvalue weighted by Crippen LogP contribution is -2.31. The van der Waals surface area contributed by atoms with Crippen LogP contribution in [0.4, 0.5) is 0 Å². The summed E-state index contributed by atoms with van der Waals surface area (Å²) in [6.45, 7) is 15.4. The van der Waals surface area contributed by atoms with E-state index in [0.29, 0.717) is 24.3 Å². The number of ether oxygens (including phenoxy) is 2. The molecule has 0 aliphatic rings. The van der Waals surface area contributed by atoms with Crippen molar-refractivity contribution in [1.29, 1.82) is 0 Å². The van der Waals surface area contributed by atoms with Crippen LogP contribution in [0.5, 0.6) is 0 Å². The van der Waals surface area contributed by atoms with E-state index >= 15 is 0 Å². The smallest absolute Gasteiger partial charge is 0.339 e. The fourth-order valence-electron chi connectivity index (χ4n) is 7.37. The van der Waals surface area contributed by atoms with Crippen LogP contribution in [0.1, 0.15) is 228 Å². The zero-order valence-electron chi connectivity index (χ0n) is 36.3. The molecule has 314 valence electrons. The van der Waals surface area contributed by atoms with Gasteiger partial charge in [-0.25, -0.2) is 9.59 Å². The number of esters is 2. The molecule has 0 bridgehead atoms. The lowest BCUT2D eigenvalue weighted by Gasteiger charge is -2.23. The van der Waals surface area contributed by atoms with Gasteiger partial charge in [-0.3, -0.25) is 9.80 Å². The predicted molar refractivity (Wildman–Crippen MR) is 232 cm³/mol. The van der Waals surface area contributed by atoms with Gasteiger partial charge in [0.2, 0.25) is 0 Å². The van der Waals surface area contributed by atoms with E-state index in [1.165, 1.54) is 180 Å². The molecular formula is C48H88N2O4. The first-order chi connectivity index (χ1) is 26.6. The lowest BCUT2D eigenvalue weighted by atomic mass is 10.1. The van der Waals surface area contributed by atoms with Gasteiger partial charge in [-0.2, -0.15) is 0 Å². The minimum absolute atomic E-state index is 0.302. The quantitative estimate of drug-likeness (QED) is 0.0491. The number of hydrogen-bond donors (Lipinski definition) is 0. The molecule has 0 radical (unpaired) electrons. The van der Waals surface area contributed by atoms with Gasteiger partial charge in [-0.1, -0.05) is 194 Å². The molecule has 1 aromatic rings. The Morgan fingerprint density at radius 2 is 0.611 bits per heavy atom. The molecule has 0 amide bonds. The van der Waals surface area contributed by atoms with Crippen LogP contribution in [0.25, 0.3) is 0 Å². The maximum atomic E-state index is 13.3. The van der Waals surface area contributed by atoms with Crippen LogP contribution in [0.15, 0.2) is 24.3 Å². The van der Waals surface area contributed by atoms with Crippen molar-refractivity contribution in [3.63, 3.8) is 0 Å². The highest BCUT2D eigenvalue weighted by molar-refractivity contribution is 6.03. The van der Waals surface area contributed by atoms with E-state index in [1.807, 2.05) is 0 Å². The molecule has 0 spiro atoms. The summed E-state index contributed by atoms with van der Waals surface area (Å²) in [4.78, 5) is 31.6. The first-order valence-corrected chi connectivity index (χ1v) is 23.4. The van der Waals surface area contributed by atoms with Gasteiger partial charge in [0.25, 0.3) is 0 Å². The van der Waals surface area contributed by atoms with Crippen molar-refractivity contribution < 1.29 is 19.1 Å². The molecule has 6 nitrogen and oxygen atoms in total. The Labute approximate surface area is 335 Å². The fraction of sp³-hybridized carbons (Fsp3) is 0.833. The second-order valence-corrected chi connectivity index (χ2v) is 16.0. The first-order valence-electron chi connectivity index (χ1n) is 23.4. The third-order valence-corrected chi connectivity index (χ3v) is 11.0. The largest absolute Gasteiger partial charge is 0.461 e. The second-order valence-electron chi connectivity index (χ2n) is 16.0. The Hall–Kier alpha value is -1.92. The molecule has 0 saturated heterocycles. The number of benzene rings is 1. The summed E-state index contributed by atoms with van der Waals surface area (Å²) in [6.07, 6.45) is 36.3. The topological polar surface area (TPSA) is 59.1 Å². The van der Waals surface area contributed by atoms with Crippen molar-refractivity contribution in [2.45, 2.75) is 207 Å². The van der Waals surface area contributed by atoms with Crippen molar-refractivity contribution in [1.82, 2.24) is 9.80 Å². The summed E-state index contributed by atoms with van der Waals surface area (Å²) in [7, 11) is 0. The molecule has 0 unspecified atom stereocenters. The molecule has 6 heteroatoms. The number of carbonyl (C=O) groups is 2. The van der Waals surface area contributed by atoms with Crippen LogP contribution in [0.3, 0.4) is 0 Å². The zero-order valence-corrected chi connectivity index (χ0v) is 36.3. The summed E-state index contributed by atoms with van der Waals surface area (Å²) in [5, 5.41) is 0. The van der Waals surface area contributed by atoms with Gasteiger partial charge in [0.05, 0.1) is 11.1 Å². The minimum atomic E-state index is -0.436. The first kappa shape index (κ1) is 50.1. The van der Waals surface area contributed by atoms with Crippen molar-refractivity contribution >= 4 is 11.9 Å². The fourth-order valence-corrected chi connectivity index (χ4v) is 7.37. The number of carbonyl (C=O) groups excluding carboxylic acids is 2. The third kappa shape index (κ3) is 28.5. The van der Waals surface area contributed by atoms with Gasteiger partial charge in [0, 0.05) is 13.1 Å². The van der Waals surface area contributed by atoms with E-state index in [2.05, 4.69) is 37.5 Å². The molecule has 0 aliphatic carbocycles. The molecule has 1 aromatic carbocycles. The highest BCUT2D eigenvalue weighted by atomic mass is 16.5. The Morgan fingerprint density at radius 1 is 0.370 bits per heavy atom. The van der Waals surface area contributed by atoms with Crippen LogP contribution in [0.2, 0.25) is 0 Å². The SMILES string of the molecule is CCCCCCCCCN(CCCCCCCCC)CCOC(=O)c1ccccc1C(=O)OCCN(CCCCCCCCC)CCCCCCCCC. The van der Waals surface area contributed by atoms with E-state index in [9.17, 15) is 9.59 Å². The molecule has 0 N–H and O–H groups in total. The van der Waals surface area contributed by atoms with Crippen LogP contribution in [-0.2, 0) is 9.47 Å². The third-order valence-electron chi connectivity index (χ3n) is 11.0. The van der Waals surface area contributed by atoms with E-state index < -0.39 is 11.9 Å². The lowest BCUT2D eigenvalue weighted by molar-refractivity contribution is 0.0413. The minimum Gasteiger partial charge on any atom is -0.461 e. The zero-order chi connectivity index (χ0) is 39.2. The number of rotatable bonds is 40. The van der Waals surface area contributed by atoms with Crippen LogP contribution in [0, 0.1) is 0 Å². The number of unbranched alkanes of at least 4 members (excludes halogenated alkanes) is 24. The molecule has 0 aromatic heterocycles. The summed E-state index contributed by atoms with van der Waals surface area (Å²) in [5.74, 6) is -0.873. The van der Waals surface area contributed by atoms with Gasteiger partial charge >= 0.3 is 11.9 Å². The Kier molecular flexibility index (Phi) is 35.2. The van der Waals surface area contributed by atoms with Gasteiger partial charge in [0.15, 0.2) is 0 Å². The van der Waals surface area contributed by atoms with E-state index in [-0.39, 0.29) is 0 Å². The van der Waals surface area contributed by atoms with Crippen molar-refractivity contribution in [2.75, 3.05) is 52.5 Å². The average molecular weight is 757 g/mol. The molecular weight excluding hydrogens is 669 g/mol. The summed E-state index contributed by atoms with van der Waals surface area (Å²) in [5.41, 5.74) is 0.604. The summed E-state index contributed by atoms with van der Waals surface area (Å²) >= 11 is 0. The van der Waals surface area contributed by atoms with Gasteiger partial charge in [0.1, 0.15) is 13.2 Å². The normalized spacial score (nSPS) is 11.5.